The number of hydrogen-bond acceptors (Lipinski definition) is 4. The molecule has 3 aromatic rings. The minimum atomic E-state index is 0.0113. The zero-order valence-corrected chi connectivity index (χ0v) is 17.2. The Kier molecular flexibility index (Phi) is 4.58. The highest BCUT2D eigenvalue weighted by Gasteiger charge is 2.39. The number of rotatable bonds is 4. The SMILES string of the molecule is COc1cc2c(cc1OCc1ccccc1)N(C)CC1Cc3ccccc3N1C2=O. The van der Waals surface area contributed by atoms with Gasteiger partial charge in [0, 0.05) is 25.3 Å². The van der Waals surface area contributed by atoms with Gasteiger partial charge in [0.25, 0.3) is 5.91 Å². The third-order valence-electron chi connectivity index (χ3n) is 5.94. The van der Waals surface area contributed by atoms with Gasteiger partial charge in [-0.05, 0) is 29.7 Å². The molecule has 0 aromatic heterocycles. The molecule has 1 amide bonds. The molecule has 2 heterocycles. The highest BCUT2D eigenvalue weighted by atomic mass is 16.5. The maximum Gasteiger partial charge on any atom is 0.260 e. The number of likely N-dealkylation sites (N-methyl/N-ethyl adjacent to an activating group) is 1. The van der Waals surface area contributed by atoms with E-state index in [4.69, 9.17) is 9.47 Å². The summed E-state index contributed by atoms with van der Waals surface area (Å²) in [5, 5.41) is 0. The Morgan fingerprint density at radius 2 is 1.73 bits per heavy atom. The molecule has 5 rings (SSSR count). The summed E-state index contributed by atoms with van der Waals surface area (Å²) in [4.78, 5) is 17.7. The summed E-state index contributed by atoms with van der Waals surface area (Å²) in [7, 11) is 3.64. The van der Waals surface area contributed by atoms with Gasteiger partial charge in [0.2, 0.25) is 0 Å². The molecule has 5 heteroatoms. The van der Waals surface area contributed by atoms with Gasteiger partial charge in [0.1, 0.15) is 6.61 Å². The third-order valence-corrected chi connectivity index (χ3v) is 5.94. The van der Waals surface area contributed by atoms with E-state index in [1.54, 1.807) is 7.11 Å². The van der Waals surface area contributed by atoms with Crippen LogP contribution < -0.4 is 19.3 Å². The molecule has 1 unspecified atom stereocenters. The first kappa shape index (κ1) is 18.6. The van der Waals surface area contributed by atoms with Gasteiger partial charge in [-0.3, -0.25) is 4.79 Å². The van der Waals surface area contributed by atoms with Gasteiger partial charge in [-0.15, -0.1) is 0 Å². The van der Waals surface area contributed by atoms with Crippen LogP contribution in [0.1, 0.15) is 21.5 Å². The summed E-state index contributed by atoms with van der Waals surface area (Å²) < 4.78 is 11.7. The topological polar surface area (TPSA) is 42.0 Å². The number of anilines is 2. The van der Waals surface area contributed by atoms with E-state index in [-0.39, 0.29) is 11.9 Å². The number of para-hydroxylation sites is 1. The summed E-state index contributed by atoms with van der Waals surface area (Å²) in [6.07, 6.45) is 0.870. The normalized spacial score (nSPS) is 17.1. The van der Waals surface area contributed by atoms with Crippen molar-refractivity contribution in [2.75, 3.05) is 30.5 Å². The summed E-state index contributed by atoms with van der Waals surface area (Å²) in [6.45, 7) is 1.20. The molecule has 0 radical (unpaired) electrons. The first-order valence-corrected chi connectivity index (χ1v) is 10.2. The molecule has 152 valence electrons. The van der Waals surface area contributed by atoms with Gasteiger partial charge in [-0.1, -0.05) is 48.5 Å². The van der Waals surface area contributed by atoms with Gasteiger partial charge in [-0.2, -0.15) is 0 Å². The number of fused-ring (bicyclic) bond motifs is 4. The van der Waals surface area contributed by atoms with Crippen LogP contribution in [0.15, 0.2) is 66.7 Å². The smallest absolute Gasteiger partial charge is 0.260 e. The number of carbonyl (C=O) groups excluding carboxylic acids is 1. The molecule has 0 bridgehead atoms. The van der Waals surface area contributed by atoms with Gasteiger partial charge >= 0.3 is 0 Å². The molecule has 0 N–H and O–H groups in total. The average molecular weight is 400 g/mol. The van der Waals surface area contributed by atoms with Gasteiger partial charge in [-0.25, -0.2) is 0 Å². The first-order valence-electron chi connectivity index (χ1n) is 10.2. The Morgan fingerprint density at radius 3 is 2.53 bits per heavy atom. The van der Waals surface area contributed by atoms with Crippen molar-refractivity contribution in [3.63, 3.8) is 0 Å². The molecule has 0 saturated carbocycles. The Labute approximate surface area is 176 Å². The predicted octanol–water partition coefficient (Wildman–Crippen LogP) is 4.30. The Balaban J connectivity index is 1.52. The monoisotopic (exact) mass is 400 g/mol. The molecule has 2 aliphatic rings. The highest BCUT2D eigenvalue weighted by molar-refractivity contribution is 6.12. The van der Waals surface area contributed by atoms with Crippen molar-refractivity contribution in [3.8, 4) is 11.5 Å². The van der Waals surface area contributed by atoms with E-state index < -0.39 is 0 Å². The second kappa shape index (κ2) is 7.41. The Hall–Kier alpha value is -3.47. The van der Waals surface area contributed by atoms with Crippen LogP contribution in [0.4, 0.5) is 11.4 Å². The second-order valence-corrected chi connectivity index (χ2v) is 7.84. The van der Waals surface area contributed by atoms with E-state index in [2.05, 4.69) is 11.0 Å². The Bertz CT molecular complexity index is 1100. The van der Waals surface area contributed by atoms with Gasteiger partial charge in [0.15, 0.2) is 11.5 Å². The molecule has 5 nitrogen and oxygen atoms in total. The zero-order valence-electron chi connectivity index (χ0n) is 17.2. The predicted molar refractivity (Wildman–Crippen MR) is 118 cm³/mol. The fraction of sp³-hybridized carbons (Fsp3) is 0.240. The minimum absolute atomic E-state index is 0.0113. The zero-order chi connectivity index (χ0) is 20.7. The van der Waals surface area contributed by atoms with Crippen molar-refractivity contribution in [3.05, 3.63) is 83.4 Å². The molecule has 30 heavy (non-hydrogen) atoms. The van der Waals surface area contributed by atoms with Crippen LogP contribution in [-0.4, -0.2) is 32.7 Å². The average Bonchev–Trinajstić information content (AvgIpc) is 3.10. The van der Waals surface area contributed by atoms with Crippen molar-refractivity contribution in [1.29, 1.82) is 0 Å². The lowest BCUT2D eigenvalue weighted by molar-refractivity contribution is 0.0983. The number of carbonyl (C=O) groups is 1. The van der Waals surface area contributed by atoms with Crippen molar-refractivity contribution < 1.29 is 14.3 Å². The number of methoxy groups -OCH3 is 1. The van der Waals surface area contributed by atoms with E-state index >= 15 is 0 Å². The molecule has 0 fully saturated rings. The molecule has 0 saturated heterocycles. The first-order chi connectivity index (χ1) is 14.7. The van der Waals surface area contributed by atoms with Crippen LogP contribution in [-0.2, 0) is 13.0 Å². The molecular weight excluding hydrogens is 376 g/mol. The fourth-order valence-corrected chi connectivity index (χ4v) is 4.47. The number of nitrogens with zero attached hydrogens (tertiary/aromatic N) is 2. The van der Waals surface area contributed by atoms with Crippen molar-refractivity contribution in [2.45, 2.75) is 19.1 Å². The van der Waals surface area contributed by atoms with Gasteiger partial charge in [0.05, 0.1) is 24.4 Å². The standard InChI is InChI=1S/C25H24N2O3/c1-26-15-19-12-18-10-6-7-11-21(18)27(19)25(28)20-13-23(29-2)24(14-22(20)26)30-16-17-8-4-3-5-9-17/h3-11,13-14,19H,12,15-16H2,1-2H3. The van der Waals surface area contributed by atoms with Crippen molar-refractivity contribution in [2.24, 2.45) is 0 Å². The summed E-state index contributed by atoms with van der Waals surface area (Å²) in [6, 6.07) is 22.1. The Morgan fingerprint density at radius 1 is 0.967 bits per heavy atom. The van der Waals surface area contributed by atoms with Crippen LogP contribution in [0.3, 0.4) is 0 Å². The lowest BCUT2D eigenvalue weighted by atomic mass is 10.1. The second-order valence-electron chi connectivity index (χ2n) is 7.84. The molecule has 1 atom stereocenters. The molecule has 3 aromatic carbocycles. The van der Waals surface area contributed by atoms with Crippen molar-refractivity contribution >= 4 is 17.3 Å². The summed E-state index contributed by atoms with van der Waals surface area (Å²) >= 11 is 0. The highest BCUT2D eigenvalue weighted by Crippen LogP contribution is 2.42. The number of benzene rings is 3. The minimum Gasteiger partial charge on any atom is -0.493 e. The maximum absolute atomic E-state index is 13.6. The molecule has 0 spiro atoms. The van der Waals surface area contributed by atoms with Crippen LogP contribution in [0.25, 0.3) is 0 Å². The van der Waals surface area contributed by atoms with Crippen LogP contribution >= 0.6 is 0 Å². The van der Waals surface area contributed by atoms with Crippen molar-refractivity contribution in [1.82, 2.24) is 0 Å². The fourth-order valence-electron chi connectivity index (χ4n) is 4.47. The van der Waals surface area contributed by atoms with Crippen LogP contribution in [0, 0.1) is 0 Å². The van der Waals surface area contributed by atoms with E-state index in [0.717, 1.165) is 29.9 Å². The van der Waals surface area contributed by atoms with Crippen LogP contribution in [0.5, 0.6) is 11.5 Å². The maximum atomic E-state index is 13.6. The van der Waals surface area contributed by atoms with Gasteiger partial charge < -0.3 is 19.3 Å². The summed E-state index contributed by atoms with van der Waals surface area (Å²) in [5.41, 5.74) is 4.83. The van der Waals surface area contributed by atoms with E-state index in [1.807, 2.05) is 72.6 Å². The largest absolute Gasteiger partial charge is 0.493 e. The van der Waals surface area contributed by atoms with E-state index in [1.165, 1.54) is 5.56 Å². The van der Waals surface area contributed by atoms with Crippen LogP contribution in [0.2, 0.25) is 0 Å². The number of ether oxygens (including phenoxy) is 2. The van der Waals surface area contributed by atoms with E-state index in [9.17, 15) is 4.79 Å². The molecule has 2 aliphatic heterocycles. The number of hydrogen-bond donors (Lipinski definition) is 0. The lowest BCUT2D eigenvalue weighted by Gasteiger charge is -2.25. The van der Waals surface area contributed by atoms with E-state index in [0.29, 0.717) is 23.7 Å². The molecule has 0 aliphatic carbocycles. The third kappa shape index (κ3) is 3.07. The molecular formula is C25H24N2O3. The lowest BCUT2D eigenvalue weighted by Crippen LogP contribution is -2.41. The summed E-state index contributed by atoms with van der Waals surface area (Å²) in [5.74, 6) is 1.22. The quantitative estimate of drug-likeness (QED) is 0.655. The number of amides is 1.